The molecule has 5 heteroatoms. The van der Waals surface area contributed by atoms with Crippen LogP contribution in [0.5, 0.6) is 5.75 Å². The van der Waals surface area contributed by atoms with Crippen LogP contribution in [0.3, 0.4) is 0 Å². The fraction of sp³-hybridized carbons (Fsp3) is 0.429. The fourth-order valence-electron chi connectivity index (χ4n) is 1.78. The maximum atomic E-state index is 11.8. The van der Waals surface area contributed by atoms with Crippen molar-refractivity contribution in [3.63, 3.8) is 0 Å². The van der Waals surface area contributed by atoms with Gasteiger partial charge in [0.05, 0.1) is 5.56 Å². The molecule has 0 unspecified atom stereocenters. The zero-order valence-corrected chi connectivity index (χ0v) is 10.9. The highest BCUT2D eigenvalue weighted by atomic mass is 16.3. The minimum atomic E-state index is -0.332. The summed E-state index contributed by atoms with van der Waals surface area (Å²) >= 11 is 0. The van der Waals surface area contributed by atoms with Crippen LogP contribution >= 0.6 is 0 Å². The predicted octanol–water partition coefficient (Wildman–Crippen LogP) is 0.957. The average Bonchev–Trinajstić information content (AvgIpc) is 3.21. The summed E-state index contributed by atoms with van der Waals surface area (Å²) in [4.78, 5) is 23.2. The van der Waals surface area contributed by atoms with Gasteiger partial charge in [-0.05, 0) is 31.9 Å². The topological polar surface area (TPSA) is 78.4 Å². The van der Waals surface area contributed by atoms with Crippen molar-refractivity contribution in [2.75, 3.05) is 13.1 Å². The van der Waals surface area contributed by atoms with Gasteiger partial charge in [0, 0.05) is 19.0 Å². The quantitative estimate of drug-likeness (QED) is 0.691. The van der Waals surface area contributed by atoms with Crippen molar-refractivity contribution in [1.29, 1.82) is 0 Å². The molecule has 102 valence electrons. The van der Waals surface area contributed by atoms with Crippen molar-refractivity contribution in [2.24, 2.45) is 5.92 Å². The van der Waals surface area contributed by atoms with E-state index in [1.807, 2.05) is 6.92 Å². The predicted molar refractivity (Wildman–Crippen MR) is 70.9 cm³/mol. The monoisotopic (exact) mass is 262 g/mol. The van der Waals surface area contributed by atoms with E-state index in [9.17, 15) is 14.7 Å². The maximum Gasteiger partial charge on any atom is 0.255 e. The van der Waals surface area contributed by atoms with Crippen molar-refractivity contribution in [1.82, 2.24) is 10.6 Å². The van der Waals surface area contributed by atoms with Crippen LogP contribution in [0, 0.1) is 12.8 Å². The van der Waals surface area contributed by atoms with Gasteiger partial charge in [-0.25, -0.2) is 0 Å². The van der Waals surface area contributed by atoms with E-state index < -0.39 is 0 Å². The van der Waals surface area contributed by atoms with E-state index in [0.717, 1.165) is 18.4 Å². The maximum absolute atomic E-state index is 11.8. The van der Waals surface area contributed by atoms with Crippen molar-refractivity contribution in [2.45, 2.75) is 19.8 Å². The van der Waals surface area contributed by atoms with E-state index in [2.05, 4.69) is 10.6 Å². The molecule has 0 radical (unpaired) electrons. The Labute approximate surface area is 112 Å². The normalized spacial score (nSPS) is 13.9. The van der Waals surface area contributed by atoms with Gasteiger partial charge in [0.1, 0.15) is 5.75 Å². The smallest absolute Gasteiger partial charge is 0.255 e. The number of aromatic hydroxyl groups is 1. The SMILES string of the molecule is Cc1ccc(O)c(C(=O)NCCNC(=O)C2CC2)c1. The van der Waals surface area contributed by atoms with Gasteiger partial charge in [-0.2, -0.15) is 0 Å². The number of benzene rings is 1. The van der Waals surface area contributed by atoms with Crippen molar-refractivity contribution in [3.05, 3.63) is 29.3 Å². The Hall–Kier alpha value is -2.04. The molecule has 0 bridgehead atoms. The van der Waals surface area contributed by atoms with Crippen LogP contribution < -0.4 is 10.6 Å². The molecule has 0 aliphatic heterocycles. The summed E-state index contributed by atoms with van der Waals surface area (Å²) in [5.41, 5.74) is 1.17. The van der Waals surface area contributed by atoms with Gasteiger partial charge >= 0.3 is 0 Å². The standard InChI is InChI=1S/C14H18N2O3/c1-9-2-5-12(17)11(8-9)14(19)16-7-6-15-13(18)10-3-4-10/h2,5,8,10,17H,3-4,6-7H2,1H3,(H,15,18)(H,16,19). The van der Waals surface area contributed by atoms with Crippen molar-refractivity contribution < 1.29 is 14.7 Å². The molecule has 0 aromatic heterocycles. The number of hydrogen-bond donors (Lipinski definition) is 3. The molecule has 0 spiro atoms. The number of phenolic OH excluding ortho intramolecular Hbond substituents is 1. The molecule has 3 N–H and O–H groups in total. The summed E-state index contributed by atoms with van der Waals surface area (Å²) in [6, 6.07) is 4.87. The molecule has 1 aromatic rings. The summed E-state index contributed by atoms with van der Waals surface area (Å²) in [6.07, 6.45) is 1.94. The Bertz CT molecular complexity index is 495. The van der Waals surface area contributed by atoms with Crippen LogP contribution in [-0.2, 0) is 4.79 Å². The first kappa shape index (κ1) is 13.4. The third kappa shape index (κ3) is 3.71. The number of nitrogens with one attached hydrogen (secondary N) is 2. The first-order chi connectivity index (χ1) is 9.08. The van der Waals surface area contributed by atoms with E-state index in [1.54, 1.807) is 12.1 Å². The number of rotatable bonds is 5. The lowest BCUT2D eigenvalue weighted by molar-refractivity contribution is -0.122. The van der Waals surface area contributed by atoms with Gasteiger partial charge in [0.25, 0.3) is 5.91 Å². The molecule has 1 aliphatic rings. The number of carbonyl (C=O) groups excluding carboxylic acids is 2. The summed E-state index contributed by atoms with van der Waals surface area (Å²) in [5, 5.41) is 15.0. The molecule has 1 aromatic carbocycles. The Morgan fingerprint density at radius 1 is 1.26 bits per heavy atom. The summed E-state index contributed by atoms with van der Waals surface area (Å²) in [5.74, 6) is -0.129. The van der Waals surface area contributed by atoms with Gasteiger partial charge in [0.15, 0.2) is 0 Å². The molecular formula is C14H18N2O3. The highest BCUT2D eigenvalue weighted by Gasteiger charge is 2.28. The van der Waals surface area contributed by atoms with Crippen LogP contribution in [0.2, 0.25) is 0 Å². The Kier molecular flexibility index (Phi) is 4.04. The Balaban J connectivity index is 1.77. The summed E-state index contributed by atoms with van der Waals surface area (Å²) in [6.45, 7) is 2.62. The number of amides is 2. The molecule has 1 aliphatic carbocycles. The molecule has 0 heterocycles. The largest absolute Gasteiger partial charge is 0.507 e. The highest BCUT2D eigenvalue weighted by Crippen LogP contribution is 2.28. The van der Waals surface area contributed by atoms with Gasteiger partial charge in [0.2, 0.25) is 5.91 Å². The number of aryl methyl sites for hydroxylation is 1. The van der Waals surface area contributed by atoms with E-state index in [4.69, 9.17) is 0 Å². The molecule has 1 fully saturated rings. The van der Waals surface area contributed by atoms with E-state index in [-0.39, 0.29) is 29.0 Å². The van der Waals surface area contributed by atoms with E-state index in [1.165, 1.54) is 6.07 Å². The first-order valence-electron chi connectivity index (χ1n) is 6.43. The van der Waals surface area contributed by atoms with Crippen molar-refractivity contribution >= 4 is 11.8 Å². The first-order valence-corrected chi connectivity index (χ1v) is 6.43. The summed E-state index contributed by atoms with van der Waals surface area (Å²) in [7, 11) is 0. The molecule has 2 amide bonds. The molecule has 1 saturated carbocycles. The second-order valence-electron chi connectivity index (χ2n) is 4.84. The zero-order chi connectivity index (χ0) is 13.8. The highest BCUT2D eigenvalue weighted by molar-refractivity contribution is 5.97. The van der Waals surface area contributed by atoms with Crippen LogP contribution in [0.4, 0.5) is 0 Å². The number of carbonyl (C=O) groups is 2. The summed E-state index contributed by atoms with van der Waals surface area (Å²) < 4.78 is 0. The fourth-order valence-corrected chi connectivity index (χ4v) is 1.78. The molecule has 19 heavy (non-hydrogen) atoms. The second kappa shape index (κ2) is 5.73. The Morgan fingerprint density at radius 3 is 2.63 bits per heavy atom. The second-order valence-corrected chi connectivity index (χ2v) is 4.84. The lowest BCUT2D eigenvalue weighted by Gasteiger charge is -2.08. The molecule has 0 atom stereocenters. The minimum Gasteiger partial charge on any atom is -0.507 e. The average molecular weight is 262 g/mol. The van der Waals surface area contributed by atoms with Crippen LogP contribution in [-0.4, -0.2) is 30.0 Å². The van der Waals surface area contributed by atoms with Gasteiger partial charge in [-0.1, -0.05) is 11.6 Å². The van der Waals surface area contributed by atoms with Gasteiger partial charge < -0.3 is 15.7 Å². The van der Waals surface area contributed by atoms with Crippen LogP contribution in [0.15, 0.2) is 18.2 Å². The van der Waals surface area contributed by atoms with E-state index >= 15 is 0 Å². The molecule has 0 saturated heterocycles. The Morgan fingerprint density at radius 2 is 1.95 bits per heavy atom. The zero-order valence-electron chi connectivity index (χ0n) is 10.9. The van der Waals surface area contributed by atoms with Crippen molar-refractivity contribution in [3.8, 4) is 5.75 Å². The van der Waals surface area contributed by atoms with E-state index in [0.29, 0.717) is 13.1 Å². The third-order valence-corrected chi connectivity index (χ3v) is 3.05. The molecular weight excluding hydrogens is 244 g/mol. The lowest BCUT2D eigenvalue weighted by Crippen LogP contribution is -2.35. The lowest BCUT2D eigenvalue weighted by atomic mass is 10.1. The van der Waals surface area contributed by atoms with Gasteiger partial charge in [-0.15, -0.1) is 0 Å². The van der Waals surface area contributed by atoms with Gasteiger partial charge in [-0.3, -0.25) is 9.59 Å². The molecule has 2 rings (SSSR count). The third-order valence-electron chi connectivity index (χ3n) is 3.05. The van der Waals surface area contributed by atoms with Crippen LogP contribution in [0.25, 0.3) is 0 Å². The molecule has 5 nitrogen and oxygen atoms in total. The minimum absolute atomic E-state index is 0.0369. The van der Waals surface area contributed by atoms with Crippen LogP contribution in [0.1, 0.15) is 28.8 Å². The number of hydrogen-bond acceptors (Lipinski definition) is 3. The number of phenols is 1.